The molecule has 2 N–H and O–H groups in total. The van der Waals surface area contributed by atoms with Crippen molar-refractivity contribution in [3.05, 3.63) is 24.0 Å². The largest absolute Gasteiger partial charge is 0.380 e. The summed E-state index contributed by atoms with van der Waals surface area (Å²) in [7, 11) is 0. The Bertz CT molecular complexity index is 233. The topological polar surface area (TPSA) is 40.2 Å². The van der Waals surface area contributed by atoms with E-state index < -0.39 is 0 Å². The van der Waals surface area contributed by atoms with Gasteiger partial charge in [-0.1, -0.05) is 0 Å². The maximum absolute atomic E-state index is 5.50. The summed E-state index contributed by atoms with van der Waals surface area (Å²) in [5.74, 6) is 0. The van der Waals surface area contributed by atoms with Gasteiger partial charge in [-0.3, -0.25) is 0 Å². The fraction of sp³-hybridized carbons (Fsp3) is 0.600. The first-order chi connectivity index (χ1) is 6.38. The van der Waals surface area contributed by atoms with Gasteiger partial charge in [-0.05, 0) is 32.0 Å². The fourth-order valence-corrected chi connectivity index (χ4v) is 1.35. The third-order valence-corrected chi connectivity index (χ3v) is 2.00. The van der Waals surface area contributed by atoms with Crippen molar-refractivity contribution < 1.29 is 4.74 Å². The second-order valence-corrected chi connectivity index (χ2v) is 2.93. The zero-order valence-electron chi connectivity index (χ0n) is 8.20. The quantitative estimate of drug-likeness (QED) is 0.667. The molecule has 1 rings (SSSR count). The minimum Gasteiger partial charge on any atom is -0.380 e. The summed E-state index contributed by atoms with van der Waals surface area (Å²) in [6, 6.07) is 4.16. The second-order valence-electron chi connectivity index (χ2n) is 2.93. The highest BCUT2D eigenvalue weighted by Gasteiger charge is 1.98. The molecule has 0 unspecified atom stereocenters. The number of hydrogen-bond donors (Lipinski definition) is 1. The second kappa shape index (κ2) is 5.78. The van der Waals surface area contributed by atoms with Crippen LogP contribution in [-0.2, 0) is 17.7 Å². The van der Waals surface area contributed by atoms with Gasteiger partial charge in [-0.25, -0.2) is 0 Å². The predicted molar refractivity (Wildman–Crippen MR) is 53.7 cm³/mol. The van der Waals surface area contributed by atoms with Crippen molar-refractivity contribution in [3.63, 3.8) is 0 Å². The summed E-state index contributed by atoms with van der Waals surface area (Å²) in [6.45, 7) is 5.21. The Labute approximate surface area is 79.5 Å². The standard InChI is InChI=1S/C10H18N2O/c1-2-13-9-8-12-7-3-4-10(12)5-6-11/h3-4,7H,2,5-6,8-9,11H2,1H3. The molecule has 0 radical (unpaired) electrons. The molecule has 1 heterocycles. The monoisotopic (exact) mass is 182 g/mol. The van der Waals surface area contributed by atoms with Crippen molar-refractivity contribution in [2.24, 2.45) is 5.73 Å². The highest BCUT2D eigenvalue weighted by molar-refractivity contribution is 5.07. The van der Waals surface area contributed by atoms with Crippen LogP contribution in [0.2, 0.25) is 0 Å². The Morgan fingerprint density at radius 1 is 1.54 bits per heavy atom. The molecule has 0 aliphatic carbocycles. The van der Waals surface area contributed by atoms with Crippen LogP contribution >= 0.6 is 0 Å². The van der Waals surface area contributed by atoms with Gasteiger partial charge in [0.1, 0.15) is 0 Å². The maximum atomic E-state index is 5.50. The van der Waals surface area contributed by atoms with Gasteiger partial charge in [0.05, 0.1) is 6.61 Å². The lowest BCUT2D eigenvalue weighted by atomic mass is 10.3. The van der Waals surface area contributed by atoms with Gasteiger partial charge in [-0.2, -0.15) is 0 Å². The summed E-state index contributed by atoms with van der Waals surface area (Å²) < 4.78 is 7.48. The lowest BCUT2D eigenvalue weighted by Crippen LogP contribution is -2.11. The van der Waals surface area contributed by atoms with Crippen molar-refractivity contribution >= 4 is 0 Å². The number of rotatable bonds is 6. The normalized spacial score (nSPS) is 10.6. The molecule has 74 valence electrons. The molecule has 0 aromatic carbocycles. The molecule has 0 saturated heterocycles. The van der Waals surface area contributed by atoms with Crippen LogP contribution in [-0.4, -0.2) is 24.3 Å². The third-order valence-electron chi connectivity index (χ3n) is 2.00. The molecule has 0 aliphatic heterocycles. The molecule has 0 atom stereocenters. The van der Waals surface area contributed by atoms with Crippen molar-refractivity contribution in [1.29, 1.82) is 0 Å². The van der Waals surface area contributed by atoms with Crippen LogP contribution in [0.1, 0.15) is 12.6 Å². The number of ether oxygens (including phenoxy) is 1. The van der Waals surface area contributed by atoms with E-state index in [0.29, 0.717) is 6.54 Å². The van der Waals surface area contributed by atoms with Gasteiger partial charge >= 0.3 is 0 Å². The van der Waals surface area contributed by atoms with E-state index in [4.69, 9.17) is 10.5 Å². The Morgan fingerprint density at radius 2 is 2.38 bits per heavy atom. The molecule has 3 heteroatoms. The Balaban J connectivity index is 2.40. The highest BCUT2D eigenvalue weighted by atomic mass is 16.5. The summed E-state index contributed by atoms with van der Waals surface area (Å²) in [6.07, 6.45) is 3.02. The van der Waals surface area contributed by atoms with Crippen LogP contribution in [0, 0.1) is 0 Å². The first-order valence-electron chi connectivity index (χ1n) is 4.80. The SMILES string of the molecule is CCOCCn1cccc1CCN. The minimum absolute atomic E-state index is 0.707. The van der Waals surface area contributed by atoms with Crippen LogP contribution < -0.4 is 5.73 Å². The van der Waals surface area contributed by atoms with Crippen LogP contribution in [0.5, 0.6) is 0 Å². The van der Waals surface area contributed by atoms with Gasteiger partial charge in [0.15, 0.2) is 0 Å². The smallest absolute Gasteiger partial charge is 0.0645 e. The van der Waals surface area contributed by atoms with E-state index in [-0.39, 0.29) is 0 Å². The van der Waals surface area contributed by atoms with Gasteiger partial charge in [0.2, 0.25) is 0 Å². The molecule has 0 spiro atoms. The molecule has 1 aromatic heterocycles. The average Bonchev–Trinajstić information content (AvgIpc) is 2.54. The van der Waals surface area contributed by atoms with Crippen LogP contribution in [0.25, 0.3) is 0 Å². The van der Waals surface area contributed by atoms with Crippen LogP contribution in [0.4, 0.5) is 0 Å². The number of nitrogens with zero attached hydrogens (tertiary/aromatic N) is 1. The molecular formula is C10H18N2O. The van der Waals surface area contributed by atoms with Gasteiger partial charge in [0.25, 0.3) is 0 Å². The van der Waals surface area contributed by atoms with E-state index in [2.05, 4.69) is 22.9 Å². The predicted octanol–water partition coefficient (Wildman–Crippen LogP) is 1.03. The fourth-order valence-electron chi connectivity index (χ4n) is 1.35. The van der Waals surface area contributed by atoms with Gasteiger partial charge in [0, 0.05) is 25.0 Å². The zero-order chi connectivity index (χ0) is 9.52. The van der Waals surface area contributed by atoms with E-state index in [1.807, 2.05) is 6.92 Å². The number of aromatic nitrogens is 1. The molecule has 1 aromatic rings. The van der Waals surface area contributed by atoms with Crippen molar-refractivity contribution in [1.82, 2.24) is 4.57 Å². The van der Waals surface area contributed by atoms with E-state index in [9.17, 15) is 0 Å². The van der Waals surface area contributed by atoms with E-state index in [0.717, 1.165) is 26.2 Å². The minimum atomic E-state index is 0.707. The lowest BCUT2D eigenvalue weighted by Gasteiger charge is -2.07. The van der Waals surface area contributed by atoms with Crippen molar-refractivity contribution in [3.8, 4) is 0 Å². The molecule has 0 fully saturated rings. The molecule has 0 aliphatic rings. The van der Waals surface area contributed by atoms with Crippen LogP contribution in [0.15, 0.2) is 18.3 Å². The first-order valence-corrected chi connectivity index (χ1v) is 4.80. The molecule has 0 bridgehead atoms. The Kier molecular flexibility index (Phi) is 4.57. The molecule has 13 heavy (non-hydrogen) atoms. The van der Waals surface area contributed by atoms with Crippen LogP contribution in [0.3, 0.4) is 0 Å². The molecular weight excluding hydrogens is 164 g/mol. The number of nitrogens with two attached hydrogens (primary N) is 1. The molecule has 0 amide bonds. The van der Waals surface area contributed by atoms with Crippen molar-refractivity contribution in [2.45, 2.75) is 19.9 Å². The average molecular weight is 182 g/mol. The molecule has 3 nitrogen and oxygen atoms in total. The molecule has 0 saturated carbocycles. The van der Waals surface area contributed by atoms with E-state index >= 15 is 0 Å². The summed E-state index contributed by atoms with van der Waals surface area (Å²) in [4.78, 5) is 0. The number of hydrogen-bond acceptors (Lipinski definition) is 2. The zero-order valence-corrected chi connectivity index (χ0v) is 8.20. The maximum Gasteiger partial charge on any atom is 0.0645 e. The summed E-state index contributed by atoms with van der Waals surface area (Å²) in [5, 5.41) is 0. The first kappa shape index (κ1) is 10.3. The highest BCUT2D eigenvalue weighted by Crippen LogP contribution is 2.02. The summed E-state index contributed by atoms with van der Waals surface area (Å²) >= 11 is 0. The summed E-state index contributed by atoms with van der Waals surface area (Å²) in [5.41, 5.74) is 6.79. The van der Waals surface area contributed by atoms with Gasteiger partial charge < -0.3 is 15.0 Å². The Morgan fingerprint density at radius 3 is 3.08 bits per heavy atom. The van der Waals surface area contributed by atoms with Gasteiger partial charge in [-0.15, -0.1) is 0 Å². The van der Waals surface area contributed by atoms with Crippen molar-refractivity contribution in [2.75, 3.05) is 19.8 Å². The lowest BCUT2D eigenvalue weighted by molar-refractivity contribution is 0.138. The Hall–Kier alpha value is -0.800. The third kappa shape index (κ3) is 3.20. The van der Waals surface area contributed by atoms with E-state index in [1.165, 1.54) is 5.69 Å². The van der Waals surface area contributed by atoms with E-state index in [1.54, 1.807) is 0 Å².